The molecule has 0 saturated heterocycles. The van der Waals surface area contributed by atoms with Crippen LogP contribution < -0.4 is 10.5 Å². The van der Waals surface area contributed by atoms with E-state index in [1.54, 1.807) is 18.0 Å². The fourth-order valence-corrected chi connectivity index (χ4v) is 2.77. The van der Waals surface area contributed by atoms with Crippen molar-refractivity contribution >= 4 is 0 Å². The zero-order valence-corrected chi connectivity index (χ0v) is 11.4. The maximum absolute atomic E-state index is 13.2. The van der Waals surface area contributed by atoms with Crippen LogP contribution in [0.3, 0.4) is 0 Å². The van der Waals surface area contributed by atoms with Crippen LogP contribution in [0.4, 0.5) is 8.78 Å². The fourth-order valence-electron chi connectivity index (χ4n) is 2.77. The van der Waals surface area contributed by atoms with Gasteiger partial charge in [-0.15, -0.1) is 0 Å². The van der Waals surface area contributed by atoms with Gasteiger partial charge in [-0.3, -0.25) is 4.68 Å². The number of hydrogen-bond donors (Lipinski definition) is 1. The average molecular weight is 273 g/mol. The minimum absolute atomic E-state index is 0.0653. The van der Waals surface area contributed by atoms with Crippen LogP contribution in [0.2, 0.25) is 0 Å². The van der Waals surface area contributed by atoms with E-state index in [1.807, 2.05) is 6.92 Å². The molecule has 1 aliphatic carbocycles. The van der Waals surface area contributed by atoms with Crippen LogP contribution >= 0.6 is 0 Å². The Kier molecular flexibility index (Phi) is 4.08. The van der Waals surface area contributed by atoms with Crippen molar-refractivity contribution in [2.45, 2.75) is 51.1 Å². The molecule has 0 radical (unpaired) electrons. The first-order valence-electron chi connectivity index (χ1n) is 6.71. The molecule has 2 N–H and O–H groups in total. The van der Waals surface area contributed by atoms with E-state index in [9.17, 15) is 8.78 Å². The van der Waals surface area contributed by atoms with Crippen LogP contribution in [0.1, 0.15) is 44.3 Å². The molecular weight excluding hydrogens is 252 g/mol. The number of rotatable bonds is 4. The van der Waals surface area contributed by atoms with Crippen LogP contribution in [-0.4, -0.2) is 22.8 Å². The summed E-state index contributed by atoms with van der Waals surface area (Å²) < 4.78 is 33.4. The van der Waals surface area contributed by atoms with Crippen molar-refractivity contribution in [2.75, 3.05) is 7.11 Å². The van der Waals surface area contributed by atoms with E-state index in [0.717, 1.165) is 5.69 Å². The van der Waals surface area contributed by atoms with E-state index >= 15 is 0 Å². The van der Waals surface area contributed by atoms with Gasteiger partial charge < -0.3 is 10.5 Å². The zero-order chi connectivity index (χ0) is 14.0. The molecule has 0 aliphatic heterocycles. The summed E-state index contributed by atoms with van der Waals surface area (Å²) in [6.07, 6.45) is 2.39. The second kappa shape index (κ2) is 5.45. The number of aromatic nitrogens is 2. The van der Waals surface area contributed by atoms with Gasteiger partial charge in [0.05, 0.1) is 25.0 Å². The number of ether oxygens (including phenoxy) is 1. The predicted molar refractivity (Wildman–Crippen MR) is 68.3 cm³/mol. The first-order valence-corrected chi connectivity index (χ1v) is 6.71. The first-order chi connectivity index (χ1) is 8.98. The molecule has 1 unspecified atom stereocenters. The first kappa shape index (κ1) is 14.2. The SMILES string of the molecule is CCn1ncc(OC)c1C(N)C1CCC(F)(F)CC1. The smallest absolute Gasteiger partial charge is 0.248 e. The van der Waals surface area contributed by atoms with Crippen molar-refractivity contribution in [2.24, 2.45) is 11.7 Å². The Bertz CT molecular complexity index is 402. The molecule has 1 saturated carbocycles. The molecule has 0 aromatic carbocycles. The monoisotopic (exact) mass is 273 g/mol. The standard InChI is InChI=1S/C13H21F2N3O/c1-3-18-12(10(19-2)8-17-18)11(16)9-4-6-13(14,15)7-5-9/h8-9,11H,3-7,16H2,1-2H3. The molecule has 1 aliphatic rings. The van der Waals surface area contributed by atoms with E-state index in [-0.39, 0.29) is 24.8 Å². The quantitative estimate of drug-likeness (QED) is 0.917. The van der Waals surface area contributed by atoms with E-state index in [2.05, 4.69) is 5.10 Å². The van der Waals surface area contributed by atoms with Gasteiger partial charge >= 0.3 is 0 Å². The van der Waals surface area contributed by atoms with E-state index in [4.69, 9.17) is 10.5 Å². The Morgan fingerprint density at radius 3 is 2.68 bits per heavy atom. The molecule has 1 fully saturated rings. The highest BCUT2D eigenvalue weighted by atomic mass is 19.3. The Morgan fingerprint density at radius 1 is 1.53 bits per heavy atom. The van der Waals surface area contributed by atoms with Crippen molar-refractivity contribution in [1.82, 2.24) is 9.78 Å². The van der Waals surface area contributed by atoms with Gasteiger partial charge in [0.2, 0.25) is 5.92 Å². The van der Waals surface area contributed by atoms with E-state index < -0.39 is 5.92 Å². The van der Waals surface area contributed by atoms with Crippen LogP contribution in [0, 0.1) is 5.92 Å². The van der Waals surface area contributed by atoms with Crippen LogP contribution in [0.5, 0.6) is 5.75 Å². The summed E-state index contributed by atoms with van der Waals surface area (Å²) in [4.78, 5) is 0. The van der Waals surface area contributed by atoms with Crippen molar-refractivity contribution in [3.63, 3.8) is 0 Å². The molecule has 108 valence electrons. The molecule has 19 heavy (non-hydrogen) atoms. The molecule has 0 amide bonds. The molecule has 0 spiro atoms. The number of nitrogens with zero attached hydrogens (tertiary/aromatic N) is 2. The maximum Gasteiger partial charge on any atom is 0.248 e. The van der Waals surface area contributed by atoms with E-state index in [1.165, 1.54) is 0 Å². The summed E-state index contributed by atoms with van der Waals surface area (Å²) >= 11 is 0. The molecular formula is C13H21F2N3O. The molecule has 1 heterocycles. The summed E-state index contributed by atoms with van der Waals surface area (Å²) in [5.41, 5.74) is 7.09. The number of hydrogen-bond acceptors (Lipinski definition) is 3. The minimum Gasteiger partial charge on any atom is -0.493 e. The normalized spacial score (nSPS) is 21.3. The third kappa shape index (κ3) is 2.88. The van der Waals surface area contributed by atoms with Crippen LogP contribution in [-0.2, 0) is 6.54 Å². The lowest BCUT2D eigenvalue weighted by Crippen LogP contribution is -2.32. The van der Waals surface area contributed by atoms with Gasteiger partial charge in [0, 0.05) is 19.4 Å². The highest BCUT2D eigenvalue weighted by Crippen LogP contribution is 2.41. The number of aryl methyl sites for hydroxylation is 1. The Labute approximate surface area is 111 Å². The maximum atomic E-state index is 13.2. The highest BCUT2D eigenvalue weighted by Gasteiger charge is 2.38. The fraction of sp³-hybridized carbons (Fsp3) is 0.769. The zero-order valence-electron chi connectivity index (χ0n) is 11.4. The molecule has 1 atom stereocenters. The Balaban J connectivity index is 2.15. The second-order valence-corrected chi connectivity index (χ2v) is 5.13. The van der Waals surface area contributed by atoms with Gasteiger partial charge in [0.25, 0.3) is 0 Å². The lowest BCUT2D eigenvalue weighted by atomic mass is 9.81. The van der Waals surface area contributed by atoms with Crippen LogP contribution in [0.25, 0.3) is 0 Å². The number of alkyl halides is 2. The van der Waals surface area contributed by atoms with Crippen molar-refractivity contribution < 1.29 is 13.5 Å². The topological polar surface area (TPSA) is 53.1 Å². The van der Waals surface area contributed by atoms with E-state index in [0.29, 0.717) is 25.1 Å². The molecule has 1 aromatic heterocycles. The number of methoxy groups -OCH3 is 1. The largest absolute Gasteiger partial charge is 0.493 e. The predicted octanol–water partition coefficient (Wildman–Crippen LogP) is 2.74. The highest BCUT2D eigenvalue weighted by molar-refractivity contribution is 5.28. The summed E-state index contributed by atoms with van der Waals surface area (Å²) in [6.45, 7) is 2.66. The minimum atomic E-state index is -2.52. The molecule has 1 aromatic rings. The van der Waals surface area contributed by atoms with Gasteiger partial charge in [0.15, 0.2) is 5.75 Å². The summed E-state index contributed by atoms with van der Waals surface area (Å²) in [5, 5.41) is 4.21. The van der Waals surface area contributed by atoms with Crippen molar-refractivity contribution in [3.8, 4) is 5.75 Å². The van der Waals surface area contributed by atoms with Crippen molar-refractivity contribution in [3.05, 3.63) is 11.9 Å². The Morgan fingerprint density at radius 2 is 2.16 bits per heavy atom. The molecule has 4 nitrogen and oxygen atoms in total. The number of nitrogens with two attached hydrogens (primary N) is 1. The summed E-state index contributed by atoms with van der Waals surface area (Å²) in [7, 11) is 1.57. The molecule has 0 bridgehead atoms. The van der Waals surface area contributed by atoms with Crippen molar-refractivity contribution in [1.29, 1.82) is 0 Å². The van der Waals surface area contributed by atoms with Gasteiger partial charge in [0.1, 0.15) is 0 Å². The van der Waals surface area contributed by atoms with Crippen LogP contribution in [0.15, 0.2) is 6.20 Å². The lowest BCUT2D eigenvalue weighted by molar-refractivity contribution is -0.0486. The Hall–Kier alpha value is -1.17. The van der Waals surface area contributed by atoms with Gasteiger partial charge in [-0.1, -0.05) is 0 Å². The third-order valence-corrected chi connectivity index (χ3v) is 3.95. The average Bonchev–Trinajstić information content (AvgIpc) is 2.80. The van der Waals surface area contributed by atoms with Gasteiger partial charge in [-0.2, -0.15) is 5.10 Å². The molecule has 2 rings (SSSR count). The second-order valence-electron chi connectivity index (χ2n) is 5.13. The molecule has 6 heteroatoms. The van der Waals surface area contributed by atoms with Gasteiger partial charge in [-0.25, -0.2) is 8.78 Å². The summed E-state index contributed by atoms with van der Waals surface area (Å²) in [5.74, 6) is -1.81. The lowest BCUT2D eigenvalue weighted by Gasteiger charge is -2.32. The van der Waals surface area contributed by atoms with Gasteiger partial charge in [-0.05, 0) is 25.7 Å². The summed E-state index contributed by atoms with van der Waals surface area (Å²) in [6, 6.07) is -0.298. The third-order valence-electron chi connectivity index (χ3n) is 3.95. The number of halogens is 2.